The average Bonchev–Trinajstić information content (AvgIpc) is 3.39. The van der Waals surface area contributed by atoms with E-state index in [-0.39, 0.29) is 11.9 Å². The Balaban J connectivity index is 1.61. The van der Waals surface area contributed by atoms with Crippen molar-refractivity contribution in [3.63, 3.8) is 0 Å². The van der Waals surface area contributed by atoms with Crippen LogP contribution in [0.4, 0.5) is 0 Å². The number of ether oxygens (including phenoxy) is 1. The van der Waals surface area contributed by atoms with Crippen LogP contribution in [-0.4, -0.2) is 18.0 Å². The zero-order valence-corrected chi connectivity index (χ0v) is 15.5. The van der Waals surface area contributed by atoms with Crippen LogP contribution in [0.1, 0.15) is 34.8 Å². The van der Waals surface area contributed by atoms with Gasteiger partial charge in [0.1, 0.15) is 5.75 Å². The number of methoxy groups -OCH3 is 1. The molecule has 2 aromatic carbocycles. The van der Waals surface area contributed by atoms with E-state index in [4.69, 9.17) is 4.74 Å². The molecule has 0 saturated heterocycles. The van der Waals surface area contributed by atoms with Crippen molar-refractivity contribution in [1.29, 1.82) is 0 Å². The molecule has 0 radical (unpaired) electrons. The van der Waals surface area contributed by atoms with E-state index in [1.54, 1.807) is 13.3 Å². The lowest BCUT2D eigenvalue weighted by molar-refractivity contribution is 0.0933. The zero-order chi connectivity index (χ0) is 17.4. The van der Waals surface area contributed by atoms with Crippen molar-refractivity contribution in [2.45, 2.75) is 18.9 Å². The molecule has 0 spiro atoms. The standard InChI is InChI=1S/C20H19BrN2O2/c1-25-15-7-4-13(5-8-15)19(12-2-3-12)23-20(24)17-11-22-18-9-6-14(21)10-16(17)18/h4-12,19,22H,2-3H2,1H3,(H,23,24)/t19-/m1/s1. The first-order valence-corrected chi connectivity index (χ1v) is 9.16. The topological polar surface area (TPSA) is 54.1 Å². The van der Waals surface area contributed by atoms with Gasteiger partial charge in [0.05, 0.1) is 18.7 Å². The number of carbonyl (C=O) groups excluding carboxylic acids is 1. The molecule has 4 rings (SSSR count). The average molecular weight is 399 g/mol. The van der Waals surface area contributed by atoms with Crippen LogP contribution in [0.5, 0.6) is 5.75 Å². The van der Waals surface area contributed by atoms with E-state index < -0.39 is 0 Å². The van der Waals surface area contributed by atoms with E-state index in [1.807, 2.05) is 42.5 Å². The van der Waals surface area contributed by atoms with Gasteiger partial charge in [-0.25, -0.2) is 0 Å². The molecule has 128 valence electrons. The van der Waals surface area contributed by atoms with E-state index in [2.05, 4.69) is 26.2 Å². The predicted molar refractivity (Wildman–Crippen MR) is 102 cm³/mol. The molecule has 3 aromatic rings. The molecule has 1 amide bonds. The molecule has 2 N–H and O–H groups in total. The first-order valence-electron chi connectivity index (χ1n) is 8.37. The Labute approximate surface area is 154 Å². The van der Waals surface area contributed by atoms with Crippen LogP contribution in [0.2, 0.25) is 0 Å². The van der Waals surface area contributed by atoms with Crippen molar-refractivity contribution in [3.8, 4) is 5.75 Å². The molecule has 4 nitrogen and oxygen atoms in total. The molecule has 25 heavy (non-hydrogen) atoms. The van der Waals surface area contributed by atoms with Crippen LogP contribution in [0.3, 0.4) is 0 Å². The van der Waals surface area contributed by atoms with E-state index in [9.17, 15) is 4.79 Å². The second-order valence-electron chi connectivity index (χ2n) is 6.45. The maximum Gasteiger partial charge on any atom is 0.253 e. The maximum absolute atomic E-state index is 12.9. The van der Waals surface area contributed by atoms with Crippen molar-refractivity contribution in [3.05, 3.63) is 64.3 Å². The summed E-state index contributed by atoms with van der Waals surface area (Å²) in [6.07, 6.45) is 4.08. The summed E-state index contributed by atoms with van der Waals surface area (Å²) in [6.45, 7) is 0. The van der Waals surface area contributed by atoms with Gasteiger partial charge in [0.15, 0.2) is 0 Å². The molecule has 1 aliphatic carbocycles. The third-order valence-electron chi connectivity index (χ3n) is 4.74. The Morgan fingerprint density at radius 1 is 1.24 bits per heavy atom. The summed E-state index contributed by atoms with van der Waals surface area (Å²) in [4.78, 5) is 16.1. The molecule has 1 heterocycles. The van der Waals surface area contributed by atoms with Gasteiger partial charge in [0, 0.05) is 21.6 Å². The number of rotatable bonds is 5. The summed E-state index contributed by atoms with van der Waals surface area (Å²) in [6, 6.07) is 13.9. The number of H-pyrrole nitrogens is 1. The molecule has 1 saturated carbocycles. The Morgan fingerprint density at radius 2 is 2.00 bits per heavy atom. The van der Waals surface area contributed by atoms with Gasteiger partial charge >= 0.3 is 0 Å². The number of nitrogens with one attached hydrogen (secondary N) is 2. The first-order chi connectivity index (χ1) is 12.2. The first kappa shape index (κ1) is 16.2. The van der Waals surface area contributed by atoms with E-state index in [0.717, 1.165) is 39.5 Å². The lowest BCUT2D eigenvalue weighted by Gasteiger charge is -2.19. The number of halogens is 1. The fourth-order valence-electron chi connectivity index (χ4n) is 3.21. The van der Waals surface area contributed by atoms with Crippen molar-refractivity contribution in [1.82, 2.24) is 10.3 Å². The lowest BCUT2D eigenvalue weighted by atomic mass is 10.0. The van der Waals surface area contributed by atoms with Crippen LogP contribution in [0, 0.1) is 5.92 Å². The lowest BCUT2D eigenvalue weighted by Crippen LogP contribution is -2.29. The van der Waals surface area contributed by atoms with Crippen LogP contribution >= 0.6 is 15.9 Å². The summed E-state index contributed by atoms with van der Waals surface area (Å²) >= 11 is 3.48. The Bertz CT molecular complexity index is 913. The van der Waals surface area contributed by atoms with Gasteiger partial charge in [-0.3, -0.25) is 4.79 Å². The van der Waals surface area contributed by atoms with Crippen molar-refractivity contribution < 1.29 is 9.53 Å². The quantitative estimate of drug-likeness (QED) is 0.646. The smallest absolute Gasteiger partial charge is 0.253 e. The summed E-state index contributed by atoms with van der Waals surface area (Å²) in [5.41, 5.74) is 2.76. The van der Waals surface area contributed by atoms with Gasteiger partial charge in [0.2, 0.25) is 0 Å². The van der Waals surface area contributed by atoms with Crippen LogP contribution in [0.15, 0.2) is 53.1 Å². The van der Waals surface area contributed by atoms with Gasteiger partial charge in [-0.1, -0.05) is 28.1 Å². The molecule has 1 fully saturated rings. The van der Waals surface area contributed by atoms with Crippen LogP contribution in [-0.2, 0) is 0 Å². The third-order valence-corrected chi connectivity index (χ3v) is 5.24. The Morgan fingerprint density at radius 3 is 2.68 bits per heavy atom. The Hall–Kier alpha value is -2.27. The minimum Gasteiger partial charge on any atom is -0.497 e. The maximum atomic E-state index is 12.9. The van der Waals surface area contributed by atoms with Crippen LogP contribution < -0.4 is 10.1 Å². The van der Waals surface area contributed by atoms with E-state index >= 15 is 0 Å². The minimum absolute atomic E-state index is 0.0375. The fraction of sp³-hybridized carbons (Fsp3) is 0.250. The molecule has 5 heteroatoms. The molecule has 1 atom stereocenters. The molecule has 0 aliphatic heterocycles. The summed E-state index contributed by atoms with van der Waals surface area (Å²) in [5, 5.41) is 4.16. The van der Waals surface area contributed by atoms with Crippen LogP contribution in [0.25, 0.3) is 10.9 Å². The highest BCUT2D eigenvalue weighted by molar-refractivity contribution is 9.10. The second-order valence-corrected chi connectivity index (χ2v) is 7.37. The molecule has 0 bridgehead atoms. The van der Waals surface area contributed by atoms with E-state index in [1.165, 1.54) is 0 Å². The number of benzene rings is 2. The van der Waals surface area contributed by atoms with Crippen molar-refractivity contribution in [2.75, 3.05) is 7.11 Å². The van der Waals surface area contributed by atoms with Gasteiger partial charge in [-0.05, 0) is 54.7 Å². The predicted octanol–water partition coefficient (Wildman–Crippen LogP) is 4.82. The van der Waals surface area contributed by atoms with Crippen molar-refractivity contribution in [2.24, 2.45) is 5.92 Å². The normalized spacial score (nSPS) is 15.1. The highest BCUT2D eigenvalue weighted by Gasteiger charge is 2.34. The summed E-state index contributed by atoms with van der Waals surface area (Å²) < 4.78 is 6.19. The number of hydrogen-bond donors (Lipinski definition) is 2. The molecule has 1 aliphatic rings. The van der Waals surface area contributed by atoms with Crippen molar-refractivity contribution >= 4 is 32.7 Å². The van der Waals surface area contributed by atoms with Gasteiger partial charge in [0.25, 0.3) is 5.91 Å². The number of fused-ring (bicyclic) bond motifs is 1. The number of carbonyl (C=O) groups is 1. The molecular weight excluding hydrogens is 380 g/mol. The number of hydrogen-bond acceptors (Lipinski definition) is 2. The number of amides is 1. The van der Waals surface area contributed by atoms with Gasteiger partial charge in [-0.2, -0.15) is 0 Å². The Kier molecular flexibility index (Phi) is 4.25. The zero-order valence-electron chi connectivity index (χ0n) is 13.9. The molecular formula is C20H19BrN2O2. The second kappa shape index (κ2) is 6.56. The number of aromatic nitrogens is 1. The highest BCUT2D eigenvalue weighted by Crippen LogP contribution is 2.41. The van der Waals surface area contributed by atoms with Gasteiger partial charge in [-0.15, -0.1) is 0 Å². The molecule has 1 aromatic heterocycles. The number of aromatic amines is 1. The van der Waals surface area contributed by atoms with Gasteiger partial charge < -0.3 is 15.0 Å². The highest BCUT2D eigenvalue weighted by atomic mass is 79.9. The monoisotopic (exact) mass is 398 g/mol. The minimum atomic E-state index is -0.0444. The summed E-state index contributed by atoms with van der Waals surface area (Å²) in [5.74, 6) is 1.29. The largest absolute Gasteiger partial charge is 0.497 e. The third kappa shape index (κ3) is 3.29. The fourth-order valence-corrected chi connectivity index (χ4v) is 3.57. The summed E-state index contributed by atoms with van der Waals surface area (Å²) in [7, 11) is 1.66. The SMILES string of the molecule is COc1ccc([C@H](NC(=O)c2c[nH]c3ccc(Br)cc23)C2CC2)cc1. The van der Waals surface area contributed by atoms with E-state index in [0.29, 0.717) is 11.5 Å². The molecule has 0 unspecified atom stereocenters.